The number of carbonyl (C=O) groups excluding carboxylic acids is 1. The average molecular weight is 535 g/mol. The molecule has 0 saturated heterocycles. The van der Waals surface area contributed by atoms with E-state index < -0.39 is 24.0 Å². The Hall–Kier alpha value is -4.07. The van der Waals surface area contributed by atoms with Crippen molar-refractivity contribution in [3.05, 3.63) is 93.4 Å². The maximum Gasteiger partial charge on any atom is 0.305 e. The molecule has 0 bridgehead atoms. The number of aliphatic carboxylic acids is 1. The van der Waals surface area contributed by atoms with Gasteiger partial charge in [-0.1, -0.05) is 56.2 Å². The number of unbranched alkanes of at least 4 members (excludes halogenated alkanes) is 1. The quantitative estimate of drug-likeness (QED) is 0.294. The van der Waals surface area contributed by atoms with Crippen molar-refractivity contribution in [1.82, 2.24) is 9.88 Å². The van der Waals surface area contributed by atoms with Crippen LogP contribution in [0, 0.1) is 6.92 Å². The maximum absolute atomic E-state index is 13.8. The summed E-state index contributed by atoms with van der Waals surface area (Å²) in [5.74, 6) is -0.483. The highest BCUT2D eigenvalue weighted by molar-refractivity contribution is 5.81. The fourth-order valence-corrected chi connectivity index (χ4v) is 4.66. The van der Waals surface area contributed by atoms with E-state index >= 15 is 0 Å². The number of rotatable bonds is 14. The van der Waals surface area contributed by atoms with Gasteiger partial charge in [0.15, 0.2) is 11.5 Å². The number of methoxy groups -OCH3 is 1. The van der Waals surface area contributed by atoms with E-state index in [0.29, 0.717) is 42.1 Å². The van der Waals surface area contributed by atoms with E-state index in [0.717, 1.165) is 24.0 Å². The van der Waals surface area contributed by atoms with Crippen LogP contribution in [-0.2, 0) is 16.0 Å². The lowest BCUT2D eigenvalue weighted by molar-refractivity contribution is -0.138. The summed E-state index contributed by atoms with van der Waals surface area (Å²) in [5.41, 5.74) is 2.83. The number of benzene rings is 2. The van der Waals surface area contributed by atoms with Crippen LogP contribution in [0.3, 0.4) is 0 Å². The Kier molecular flexibility index (Phi) is 10.7. The van der Waals surface area contributed by atoms with Gasteiger partial charge >= 0.3 is 5.97 Å². The predicted molar refractivity (Wildman–Crippen MR) is 151 cm³/mol. The number of pyridine rings is 1. The molecule has 8 nitrogen and oxygen atoms in total. The summed E-state index contributed by atoms with van der Waals surface area (Å²) in [7, 11) is 1.53. The molecule has 0 fully saturated rings. The molecule has 0 aliphatic carbocycles. The Morgan fingerprint density at radius 1 is 1.05 bits per heavy atom. The summed E-state index contributed by atoms with van der Waals surface area (Å²) in [6, 6.07) is 15.1. The highest BCUT2D eigenvalue weighted by Crippen LogP contribution is 2.32. The third kappa shape index (κ3) is 7.96. The molecule has 39 heavy (non-hydrogen) atoms. The summed E-state index contributed by atoms with van der Waals surface area (Å²) in [5, 5.41) is 12.5. The van der Waals surface area contributed by atoms with Crippen molar-refractivity contribution in [2.75, 3.05) is 13.7 Å². The van der Waals surface area contributed by atoms with E-state index in [1.54, 1.807) is 24.4 Å². The van der Waals surface area contributed by atoms with Crippen LogP contribution < -0.4 is 20.3 Å². The Morgan fingerprint density at radius 2 is 1.79 bits per heavy atom. The van der Waals surface area contributed by atoms with Crippen LogP contribution in [0.2, 0.25) is 0 Å². The third-order valence-electron chi connectivity index (χ3n) is 6.55. The molecule has 0 spiro atoms. The molecule has 1 aromatic heterocycles. The number of nitrogens with one attached hydrogen (secondary N) is 1. The molecule has 2 N–H and O–H groups in total. The Bertz CT molecular complexity index is 1320. The minimum absolute atomic E-state index is 0.224. The second-order valence-corrected chi connectivity index (χ2v) is 9.58. The minimum Gasteiger partial charge on any atom is -0.493 e. The first-order valence-electron chi connectivity index (χ1n) is 13.4. The van der Waals surface area contributed by atoms with Crippen LogP contribution in [-0.4, -0.2) is 35.3 Å². The van der Waals surface area contributed by atoms with Crippen molar-refractivity contribution in [2.45, 2.75) is 65.0 Å². The van der Waals surface area contributed by atoms with Crippen molar-refractivity contribution in [2.24, 2.45) is 0 Å². The number of ether oxygens (including phenoxy) is 2. The van der Waals surface area contributed by atoms with Gasteiger partial charge in [0.05, 0.1) is 26.2 Å². The monoisotopic (exact) mass is 534 g/mol. The molecule has 3 rings (SSSR count). The maximum atomic E-state index is 13.8. The fourth-order valence-electron chi connectivity index (χ4n) is 4.66. The van der Waals surface area contributed by atoms with Gasteiger partial charge in [-0.15, -0.1) is 0 Å². The molecule has 1 heterocycles. The predicted octanol–water partition coefficient (Wildman–Crippen LogP) is 5.22. The van der Waals surface area contributed by atoms with Crippen molar-refractivity contribution in [3.8, 4) is 11.5 Å². The number of hydrogen-bond acceptors (Lipinski definition) is 5. The van der Waals surface area contributed by atoms with Crippen molar-refractivity contribution in [3.63, 3.8) is 0 Å². The molecule has 0 aliphatic heterocycles. The lowest BCUT2D eigenvalue weighted by atomic mass is 10.0. The number of hydrogen-bond donors (Lipinski definition) is 2. The molecule has 2 atom stereocenters. The number of carboxylic acid groups (broad SMARTS) is 1. The van der Waals surface area contributed by atoms with Gasteiger partial charge < -0.3 is 24.5 Å². The molecular weight excluding hydrogens is 496 g/mol. The first-order chi connectivity index (χ1) is 18.8. The highest BCUT2D eigenvalue weighted by Gasteiger charge is 2.27. The zero-order valence-electron chi connectivity index (χ0n) is 23.1. The number of nitrogens with zero attached hydrogens (tertiary/aromatic N) is 1. The summed E-state index contributed by atoms with van der Waals surface area (Å²) in [6.07, 6.45) is 3.86. The van der Waals surface area contributed by atoms with Gasteiger partial charge in [-0.05, 0) is 55.2 Å². The second kappa shape index (κ2) is 14.2. The third-order valence-corrected chi connectivity index (χ3v) is 6.55. The second-order valence-electron chi connectivity index (χ2n) is 9.58. The summed E-state index contributed by atoms with van der Waals surface area (Å²) >= 11 is 0. The molecule has 0 aliphatic rings. The van der Waals surface area contributed by atoms with Crippen LogP contribution in [0.1, 0.15) is 73.9 Å². The number of aryl methyl sites for hydroxylation is 1. The number of amides is 1. The van der Waals surface area contributed by atoms with Gasteiger partial charge in [-0.25, -0.2) is 0 Å². The zero-order valence-corrected chi connectivity index (χ0v) is 23.1. The standard InChI is InChI=1S/C31H38N2O6/c1-5-7-13-26(33-20-21(3)16-24(31(33)37)17-22-11-9-8-10-12-22)30(36)32-25(19-29(34)35)23-14-15-27(38-4)28(18-23)39-6-2/h8-12,14-16,18,20,25-26H,5-7,13,17,19H2,1-4H3,(H,32,36)(H,34,35)/t25-,26?/m0/s1. The summed E-state index contributed by atoms with van der Waals surface area (Å²) in [6.45, 7) is 6.16. The largest absolute Gasteiger partial charge is 0.493 e. The van der Waals surface area contributed by atoms with E-state index in [9.17, 15) is 19.5 Å². The van der Waals surface area contributed by atoms with E-state index in [2.05, 4.69) is 5.32 Å². The lowest BCUT2D eigenvalue weighted by Crippen LogP contribution is -2.40. The topological polar surface area (TPSA) is 107 Å². The smallest absolute Gasteiger partial charge is 0.305 e. The fraction of sp³-hybridized carbons (Fsp3) is 0.387. The number of carbonyl (C=O) groups is 2. The first-order valence-corrected chi connectivity index (χ1v) is 13.4. The van der Waals surface area contributed by atoms with Crippen molar-refractivity contribution < 1.29 is 24.2 Å². The summed E-state index contributed by atoms with van der Waals surface area (Å²) < 4.78 is 12.5. The van der Waals surface area contributed by atoms with E-state index in [4.69, 9.17) is 9.47 Å². The van der Waals surface area contributed by atoms with E-state index in [1.807, 2.05) is 57.2 Å². The zero-order chi connectivity index (χ0) is 28.4. The Labute approximate surface area is 229 Å². The van der Waals surface area contributed by atoms with Crippen LogP contribution >= 0.6 is 0 Å². The molecule has 8 heteroatoms. The first kappa shape index (κ1) is 29.5. The Balaban J connectivity index is 1.98. The summed E-state index contributed by atoms with van der Waals surface area (Å²) in [4.78, 5) is 39.1. The SMILES string of the molecule is CCCCC(C(=O)N[C@@H](CC(=O)O)c1ccc(OC)c(OCC)c1)n1cc(C)cc(Cc2ccccc2)c1=O. The van der Waals surface area contributed by atoms with Crippen LogP contribution in [0.4, 0.5) is 0 Å². The Morgan fingerprint density at radius 3 is 2.44 bits per heavy atom. The van der Waals surface area contributed by atoms with Gasteiger partial charge in [0.1, 0.15) is 6.04 Å². The van der Waals surface area contributed by atoms with Crippen LogP contribution in [0.15, 0.2) is 65.6 Å². The normalized spacial score (nSPS) is 12.4. The molecule has 3 aromatic rings. The molecule has 1 unspecified atom stereocenters. The van der Waals surface area contributed by atoms with E-state index in [1.165, 1.54) is 11.7 Å². The van der Waals surface area contributed by atoms with Gasteiger partial charge in [-0.2, -0.15) is 0 Å². The molecule has 2 aromatic carbocycles. The average Bonchev–Trinajstić information content (AvgIpc) is 2.91. The molecule has 208 valence electrons. The van der Waals surface area contributed by atoms with Gasteiger partial charge in [0.25, 0.3) is 5.56 Å². The number of aromatic nitrogens is 1. The van der Waals surface area contributed by atoms with Gasteiger partial charge in [0.2, 0.25) is 5.91 Å². The molecule has 0 saturated carbocycles. The molecular formula is C31H38N2O6. The highest BCUT2D eigenvalue weighted by atomic mass is 16.5. The van der Waals surface area contributed by atoms with E-state index in [-0.39, 0.29) is 12.0 Å². The van der Waals surface area contributed by atoms with Gasteiger partial charge in [0, 0.05) is 18.2 Å². The molecule has 1 amide bonds. The van der Waals surface area contributed by atoms with Crippen molar-refractivity contribution in [1.29, 1.82) is 0 Å². The molecule has 0 radical (unpaired) electrons. The van der Waals surface area contributed by atoms with Gasteiger partial charge in [-0.3, -0.25) is 14.4 Å². The minimum atomic E-state index is -1.06. The van der Waals surface area contributed by atoms with Crippen molar-refractivity contribution >= 4 is 11.9 Å². The number of carboxylic acids is 1. The van der Waals surface area contributed by atoms with Crippen LogP contribution in [0.25, 0.3) is 0 Å². The van der Waals surface area contributed by atoms with Crippen LogP contribution in [0.5, 0.6) is 11.5 Å². The lowest BCUT2D eigenvalue weighted by Gasteiger charge is -2.25.